The summed E-state index contributed by atoms with van der Waals surface area (Å²) in [5.41, 5.74) is 9.75. The van der Waals surface area contributed by atoms with Gasteiger partial charge in [-0.05, 0) is 31.4 Å². The number of amides is 1. The predicted molar refractivity (Wildman–Crippen MR) is 135 cm³/mol. The molecule has 0 aromatic heterocycles. The van der Waals surface area contributed by atoms with Crippen LogP contribution in [0.3, 0.4) is 0 Å². The highest BCUT2D eigenvalue weighted by atomic mass is 31.2. The van der Waals surface area contributed by atoms with Gasteiger partial charge in [-0.2, -0.15) is 0 Å². The van der Waals surface area contributed by atoms with Crippen LogP contribution in [-0.4, -0.2) is 79.4 Å². The average Bonchev–Trinajstić information content (AvgIpc) is 3.39. The predicted octanol–water partition coefficient (Wildman–Crippen LogP) is 3.30. The molecule has 3 atom stereocenters. The third-order valence-corrected chi connectivity index (χ3v) is 8.45. The standard InChI is InChI=1S/C24H33N4O10P/c1-4-37-39(32,38-5-2)22(23(31)33-15-18-9-7-6-8-10-18)28-19(20(21(28)30)26-27-25)11-12-24(16-34-17(3)29)35-13-14-36-24/h6-10,19-20,22H,4-5,11-16H2,1-3H3/t19-,20+,22+/m1/s1. The molecule has 2 aliphatic rings. The van der Waals surface area contributed by atoms with Gasteiger partial charge >= 0.3 is 19.5 Å². The van der Waals surface area contributed by atoms with E-state index in [1.165, 1.54) is 6.92 Å². The quantitative estimate of drug-likeness (QED) is 0.0762. The van der Waals surface area contributed by atoms with Gasteiger partial charge in [-0.3, -0.25) is 14.2 Å². The van der Waals surface area contributed by atoms with Crippen LogP contribution < -0.4 is 0 Å². The normalized spacial score (nSPS) is 21.0. The minimum atomic E-state index is -4.28. The molecule has 39 heavy (non-hydrogen) atoms. The van der Waals surface area contributed by atoms with Crippen molar-refractivity contribution < 1.29 is 46.9 Å². The Morgan fingerprint density at radius 3 is 2.38 bits per heavy atom. The summed E-state index contributed by atoms with van der Waals surface area (Å²) in [7, 11) is -4.28. The summed E-state index contributed by atoms with van der Waals surface area (Å²) in [6, 6.07) is 6.73. The second-order valence-electron chi connectivity index (χ2n) is 8.73. The largest absolute Gasteiger partial charge is 0.460 e. The van der Waals surface area contributed by atoms with E-state index in [1.807, 2.05) is 0 Å². The first-order valence-corrected chi connectivity index (χ1v) is 14.2. The Kier molecular flexibility index (Phi) is 10.9. The fourth-order valence-electron chi connectivity index (χ4n) is 4.44. The molecule has 0 N–H and O–H groups in total. The van der Waals surface area contributed by atoms with Gasteiger partial charge < -0.3 is 32.9 Å². The number of hydrogen-bond donors (Lipinski definition) is 0. The van der Waals surface area contributed by atoms with Gasteiger partial charge in [-0.25, -0.2) is 4.79 Å². The van der Waals surface area contributed by atoms with E-state index < -0.39 is 49.1 Å². The van der Waals surface area contributed by atoms with E-state index in [0.29, 0.717) is 5.56 Å². The van der Waals surface area contributed by atoms with Crippen molar-refractivity contribution in [2.24, 2.45) is 5.11 Å². The van der Waals surface area contributed by atoms with Crippen LogP contribution in [0.1, 0.15) is 39.2 Å². The Labute approximate surface area is 226 Å². The number of likely N-dealkylation sites (tertiary alicyclic amines) is 1. The second-order valence-corrected chi connectivity index (χ2v) is 10.8. The number of rotatable bonds is 15. The van der Waals surface area contributed by atoms with Gasteiger partial charge in [-0.15, -0.1) is 0 Å². The lowest BCUT2D eigenvalue weighted by atomic mass is 9.89. The van der Waals surface area contributed by atoms with Gasteiger partial charge in [0, 0.05) is 18.3 Å². The molecule has 0 aliphatic carbocycles. The number of nitrogens with zero attached hydrogens (tertiary/aromatic N) is 4. The van der Waals surface area contributed by atoms with Crippen molar-refractivity contribution in [3.05, 3.63) is 46.3 Å². The van der Waals surface area contributed by atoms with E-state index in [4.69, 9.17) is 33.5 Å². The summed E-state index contributed by atoms with van der Waals surface area (Å²) in [6.07, 6.45) is 0.183. The molecule has 14 nitrogen and oxygen atoms in total. The number of β-lactam (4-membered cyclic amide) rings is 1. The molecule has 214 valence electrons. The zero-order valence-electron chi connectivity index (χ0n) is 22.1. The first-order valence-electron chi connectivity index (χ1n) is 12.6. The summed E-state index contributed by atoms with van der Waals surface area (Å²) in [5, 5.41) is 3.59. The monoisotopic (exact) mass is 568 g/mol. The topological polar surface area (TPSA) is 176 Å². The molecule has 2 heterocycles. The maximum atomic E-state index is 13.9. The number of benzene rings is 1. The third-order valence-electron chi connectivity index (χ3n) is 6.15. The molecule has 2 aliphatic heterocycles. The Morgan fingerprint density at radius 2 is 1.82 bits per heavy atom. The van der Waals surface area contributed by atoms with Crippen LogP contribution in [0.25, 0.3) is 10.4 Å². The van der Waals surface area contributed by atoms with Crippen LogP contribution in [0.15, 0.2) is 35.4 Å². The summed E-state index contributed by atoms with van der Waals surface area (Å²) < 4.78 is 46.8. The van der Waals surface area contributed by atoms with Crippen LogP contribution in [0.2, 0.25) is 0 Å². The molecule has 0 bridgehead atoms. The molecule has 3 rings (SSSR count). The van der Waals surface area contributed by atoms with Gasteiger partial charge in [0.1, 0.15) is 19.3 Å². The van der Waals surface area contributed by atoms with Gasteiger partial charge in [0.2, 0.25) is 17.5 Å². The van der Waals surface area contributed by atoms with E-state index in [9.17, 15) is 18.9 Å². The van der Waals surface area contributed by atoms with E-state index in [-0.39, 0.29) is 52.5 Å². The smallest absolute Gasteiger partial charge is 0.364 e. The highest BCUT2D eigenvalue weighted by molar-refractivity contribution is 7.55. The summed E-state index contributed by atoms with van der Waals surface area (Å²) >= 11 is 0. The van der Waals surface area contributed by atoms with Gasteiger partial charge in [0.25, 0.3) is 0 Å². The van der Waals surface area contributed by atoms with Crippen molar-refractivity contribution in [3.63, 3.8) is 0 Å². The van der Waals surface area contributed by atoms with Crippen molar-refractivity contribution in [1.29, 1.82) is 0 Å². The zero-order valence-corrected chi connectivity index (χ0v) is 23.0. The number of hydrogen-bond acceptors (Lipinski definition) is 11. The second kappa shape index (κ2) is 13.9. The molecule has 0 saturated carbocycles. The van der Waals surface area contributed by atoms with E-state index in [1.54, 1.807) is 44.2 Å². The van der Waals surface area contributed by atoms with E-state index in [2.05, 4.69) is 10.0 Å². The van der Waals surface area contributed by atoms with E-state index in [0.717, 1.165) is 4.90 Å². The average molecular weight is 569 g/mol. The zero-order chi connectivity index (χ0) is 28.5. The molecule has 0 unspecified atom stereocenters. The first-order chi connectivity index (χ1) is 18.7. The maximum Gasteiger partial charge on any atom is 0.364 e. The van der Waals surface area contributed by atoms with Crippen molar-refractivity contribution >= 4 is 25.4 Å². The minimum absolute atomic E-state index is 0.0700. The summed E-state index contributed by atoms with van der Waals surface area (Å²) in [4.78, 5) is 41.9. The number of carbonyl (C=O) groups is 3. The van der Waals surface area contributed by atoms with Crippen molar-refractivity contribution in [1.82, 2.24) is 4.90 Å². The number of carbonyl (C=O) groups excluding carboxylic acids is 3. The summed E-state index contributed by atoms with van der Waals surface area (Å²) in [5.74, 6) is -5.30. The van der Waals surface area contributed by atoms with Crippen molar-refractivity contribution in [3.8, 4) is 0 Å². The molecule has 0 radical (unpaired) electrons. The highest BCUT2D eigenvalue weighted by Crippen LogP contribution is 2.57. The Morgan fingerprint density at radius 1 is 1.18 bits per heavy atom. The van der Waals surface area contributed by atoms with Crippen LogP contribution >= 0.6 is 7.60 Å². The number of ether oxygens (including phenoxy) is 4. The maximum absolute atomic E-state index is 13.9. The summed E-state index contributed by atoms with van der Waals surface area (Å²) in [6.45, 7) is 4.42. The lowest BCUT2D eigenvalue weighted by Crippen LogP contribution is -2.68. The van der Waals surface area contributed by atoms with Gasteiger partial charge in [0.15, 0.2) is 0 Å². The Balaban J connectivity index is 1.91. The van der Waals surface area contributed by atoms with Crippen LogP contribution in [0.4, 0.5) is 0 Å². The van der Waals surface area contributed by atoms with Gasteiger partial charge in [0.05, 0.1) is 32.5 Å². The number of azide groups is 1. The fourth-order valence-corrected chi connectivity index (χ4v) is 6.44. The van der Waals surface area contributed by atoms with Crippen LogP contribution in [0, 0.1) is 0 Å². The molecule has 0 spiro atoms. The minimum Gasteiger partial charge on any atom is -0.460 e. The lowest BCUT2D eigenvalue weighted by molar-refractivity contribution is -0.204. The fraction of sp³-hybridized carbons (Fsp3) is 0.625. The SMILES string of the molecule is CCOP(=O)(OCC)[C@@H](C(=O)OCc1ccccc1)N1C(=O)[C@@H](N=[N+]=[N-])[C@H]1CCC1(COC(C)=O)OCCO1. The van der Waals surface area contributed by atoms with E-state index >= 15 is 0 Å². The van der Waals surface area contributed by atoms with Crippen molar-refractivity contribution in [2.45, 2.75) is 63.9 Å². The number of esters is 2. The van der Waals surface area contributed by atoms with Crippen LogP contribution in [0.5, 0.6) is 0 Å². The molecular weight excluding hydrogens is 535 g/mol. The molecule has 2 fully saturated rings. The lowest BCUT2D eigenvalue weighted by Gasteiger charge is -2.49. The first kappa shape index (κ1) is 30.6. The Bertz CT molecular complexity index is 1100. The molecule has 1 amide bonds. The van der Waals surface area contributed by atoms with Crippen LogP contribution in [-0.2, 0) is 53.6 Å². The molecule has 2 saturated heterocycles. The molecule has 1 aromatic carbocycles. The third kappa shape index (κ3) is 7.36. The molecule has 1 aromatic rings. The van der Waals surface area contributed by atoms with Gasteiger partial charge in [-0.1, -0.05) is 35.4 Å². The Hall–Kier alpha value is -2.99. The molecule has 15 heteroatoms. The highest BCUT2D eigenvalue weighted by Gasteiger charge is 2.59. The van der Waals surface area contributed by atoms with Crippen molar-refractivity contribution in [2.75, 3.05) is 33.0 Å². The molecular formula is C24H33N4O10P.